The van der Waals surface area contributed by atoms with Gasteiger partial charge in [-0.05, 0) is 61.8 Å². The first-order valence-electron chi connectivity index (χ1n) is 10.3. The molecule has 0 spiro atoms. The van der Waals surface area contributed by atoms with Crippen LogP contribution in [0, 0.1) is 11.8 Å². The fraction of sp³-hybridized carbons (Fsp3) is 0.200. The number of nitrogens with one attached hydrogen (secondary N) is 2. The van der Waals surface area contributed by atoms with E-state index in [1.54, 1.807) is 12.1 Å². The van der Waals surface area contributed by atoms with Crippen LogP contribution in [-0.4, -0.2) is 28.0 Å². The second kappa shape index (κ2) is 8.72. The summed E-state index contributed by atoms with van der Waals surface area (Å²) in [6.45, 7) is 2.09. The summed E-state index contributed by atoms with van der Waals surface area (Å²) in [5, 5.41) is 5.47. The molecule has 4 nitrogen and oxygen atoms in total. The van der Waals surface area contributed by atoms with Crippen LogP contribution in [0.2, 0.25) is 10.0 Å². The number of pyridine rings is 2. The van der Waals surface area contributed by atoms with Crippen LogP contribution in [0.4, 0.5) is 0 Å². The molecule has 6 heteroatoms. The summed E-state index contributed by atoms with van der Waals surface area (Å²) < 4.78 is 0. The molecule has 0 aliphatic carbocycles. The second-order valence-electron chi connectivity index (χ2n) is 7.66. The van der Waals surface area contributed by atoms with Crippen LogP contribution in [0.5, 0.6) is 0 Å². The molecular formula is C25H20Cl2N4. The van der Waals surface area contributed by atoms with Crippen LogP contribution in [0.1, 0.15) is 35.6 Å². The highest BCUT2D eigenvalue weighted by atomic mass is 35.5. The van der Waals surface area contributed by atoms with Crippen molar-refractivity contribution in [3.8, 4) is 23.0 Å². The average Bonchev–Trinajstić information content (AvgIpc) is 3.22. The Morgan fingerprint density at radius 1 is 0.935 bits per heavy atom. The monoisotopic (exact) mass is 446 g/mol. The number of aromatic nitrogens is 3. The van der Waals surface area contributed by atoms with Crippen LogP contribution < -0.4 is 5.32 Å². The molecule has 0 unspecified atom stereocenters. The lowest BCUT2D eigenvalue weighted by Gasteiger charge is -2.22. The zero-order chi connectivity index (χ0) is 21.2. The third-order valence-corrected chi connectivity index (χ3v) is 6.32. The Hall–Kier alpha value is -2.84. The van der Waals surface area contributed by atoms with E-state index in [4.69, 9.17) is 23.2 Å². The summed E-state index contributed by atoms with van der Waals surface area (Å²) in [6, 6.07) is 11.7. The fourth-order valence-electron chi connectivity index (χ4n) is 3.98. The van der Waals surface area contributed by atoms with Gasteiger partial charge in [-0.15, -0.1) is 0 Å². The molecule has 0 bridgehead atoms. The smallest absolute Gasteiger partial charge is 0.138 e. The van der Waals surface area contributed by atoms with Gasteiger partial charge in [-0.25, -0.2) is 4.98 Å². The molecule has 4 aromatic rings. The molecular weight excluding hydrogens is 427 g/mol. The molecule has 5 rings (SSSR count). The lowest BCUT2D eigenvalue weighted by molar-refractivity contribution is 0.453. The molecule has 0 saturated carbocycles. The van der Waals surface area contributed by atoms with Crippen molar-refractivity contribution in [2.45, 2.75) is 18.8 Å². The molecule has 0 radical (unpaired) electrons. The van der Waals surface area contributed by atoms with Gasteiger partial charge in [0.2, 0.25) is 0 Å². The fourth-order valence-corrected chi connectivity index (χ4v) is 4.47. The van der Waals surface area contributed by atoms with E-state index < -0.39 is 0 Å². The van der Waals surface area contributed by atoms with E-state index in [2.05, 4.69) is 44.2 Å². The van der Waals surface area contributed by atoms with Gasteiger partial charge in [0.1, 0.15) is 5.65 Å². The third kappa shape index (κ3) is 4.18. The van der Waals surface area contributed by atoms with Crippen LogP contribution in [0.25, 0.3) is 22.2 Å². The molecule has 31 heavy (non-hydrogen) atoms. The van der Waals surface area contributed by atoms with Crippen LogP contribution in [0.3, 0.4) is 0 Å². The van der Waals surface area contributed by atoms with Gasteiger partial charge in [-0.3, -0.25) is 4.98 Å². The number of benzene rings is 1. The van der Waals surface area contributed by atoms with Crippen molar-refractivity contribution >= 4 is 34.2 Å². The Morgan fingerprint density at radius 2 is 1.74 bits per heavy atom. The van der Waals surface area contributed by atoms with E-state index >= 15 is 0 Å². The summed E-state index contributed by atoms with van der Waals surface area (Å²) in [4.78, 5) is 12.4. The maximum Gasteiger partial charge on any atom is 0.138 e. The lowest BCUT2D eigenvalue weighted by atomic mass is 9.92. The van der Waals surface area contributed by atoms with E-state index in [0.717, 1.165) is 59.3 Å². The van der Waals surface area contributed by atoms with Crippen molar-refractivity contribution in [2.24, 2.45) is 0 Å². The van der Waals surface area contributed by atoms with E-state index in [0.29, 0.717) is 21.5 Å². The predicted octanol–water partition coefficient (Wildman–Crippen LogP) is 5.80. The van der Waals surface area contributed by atoms with Crippen molar-refractivity contribution in [2.75, 3.05) is 13.1 Å². The third-order valence-electron chi connectivity index (χ3n) is 5.69. The molecule has 0 atom stereocenters. The first-order chi connectivity index (χ1) is 15.2. The SMILES string of the molecule is Clc1cccc(Cl)c1C#Cc1c[nH]c2ncc(-c3ccnc(C4CCNCC4)c3)cc12. The van der Waals surface area contributed by atoms with E-state index in [-0.39, 0.29) is 0 Å². The minimum absolute atomic E-state index is 0.506. The quantitative estimate of drug-likeness (QED) is 0.382. The standard InChI is InChI=1S/C25H20Cl2N4/c26-22-2-1-3-23(27)20(22)5-4-18-14-30-25-21(18)12-19(15-31-25)17-8-11-29-24(13-17)16-6-9-28-10-7-16/h1-3,8,11-16,28H,6-7,9-10H2,(H,30,31). The Bertz CT molecular complexity index is 1290. The molecule has 1 aromatic carbocycles. The number of fused-ring (bicyclic) bond motifs is 1. The molecule has 4 heterocycles. The molecule has 1 saturated heterocycles. The van der Waals surface area contributed by atoms with Crippen molar-refractivity contribution in [1.29, 1.82) is 0 Å². The van der Waals surface area contributed by atoms with Gasteiger partial charge in [-0.1, -0.05) is 41.1 Å². The van der Waals surface area contributed by atoms with Crippen LogP contribution in [-0.2, 0) is 0 Å². The van der Waals surface area contributed by atoms with Gasteiger partial charge in [-0.2, -0.15) is 0 Å². The van der Waals surface area contributed by atoms with Gasteiger partial charge in [0, 0.05) is 41.2 Å². The van der Waals surface area contributed by atoms with Crippen molar-refractivity contribution in [3.63, 3.8) is 0 Å². The topological polar surface area (TPSA) is 53.6 Å². The molecule has 2 N–H and O–H groups in total. The summed E-state index contributed by atoms with van der Waals surface area (Å²) in [7, 11) is 0. The van der Waals surface area contributed by atoms with Crippen molar-refractivity contribution < 1.29 is 0 Å². The van der Waals surface area contributed by atoms with E-state index in [1.165, 1.54) is 0 Å². The minimum Gasteiger partial charge on any atom is -0.345 e. The minimum atomic E-state index is 0.506. The van der Waals surface area contributed by atoms with E-state index in [9.17, 15) is 0 Å². The summed E-state index contributed by atoms with van der Waals surface area (Å²) >= 11 is 12.5. The molecule has 3 aromatic heterocycles. The highest BCUT2D eigenvalue weighted by Gasteiger charge is 2.17. The van der Waals surface area contributed by atoms with Crippen LogP contribution >= 0.6 is 23.2 Å². The highest BCUT2D eigenvalue weighted by molar-refractivity contribution is 6.36. The molecule has 154 valence electrons. The zero-order valence-electron chi connectivity index (χ0n) is 16.8. The van der Waals surface area contributed by atoms with Crippen molar-refractivity contribution in [3.05, 3.63) is 81.9 Å². The van der Waals surface area contributed by atoms with Crippen molar-refractivity contribution in [1.82, 2.24) is 20.3 Å². The van der Waals surface area contributed by atoms with Gasteiger partial charge in [0.15, 0.2) is 0 Å². The largest absolute Gasteiger partial charge is 0.345 e. The number of rotatable bonds is 2. The van der Waals surface area contributed by atoms with Gasteiger partial charge in [0.25, 0.3) is 0 Å². The molecule has 0 amide bonds. The van der Waals surface area contributed by atoms with Crippen LogP contribution in [0.15, 0.2) is 55.0 Å². The summed E-state index contributed by atoms with van der Waals surface area (Å²) in [5.41, 5.74) is 5.60. The first kappa shape index (κ1) is 20.1. The molecule has 1 aliphatic heterocycles. The number of nitrogens with zero attached hydrogens (tertiary/aromatic N) is 2. The van der Waals surface area contributed by atoms with Gasteiger partial charge >= 0.3 is 0 Å². The zero-order valence-corrected chi connectivity index (χ0v) is 18.3. The Kier molecular flexibility index (Phi) is 5.65. The average molecular weight is 447 g/mol. The summed E-state index contributed by atoms with van der Waals surface area (Å²) in [5.74, 6) is 6.81. The highest BCUT2D eigenvalue weighted by Crippen LogP contribution is 2.29. The Morgan fingerprint density at radius 3 is 2.55 bits per heavy atom. The number of halogens is 2. The number of aromatic amines is 1. The predicted molar refractivity (Wildman–Crippen MR) is 127 cm³/mol. The van der Waals surface area contributed by atoms with Gasteiger partial charge < -0.3 is 10.3 Å². The number of hydrogen-bond acceptors (Lipinski definition) is 3. The Balaban J connectivity index is 1.51. The number of H-pyrrole nitrogens is 1. The Labute approximate surface area is 191 Å². The lowest BCUT2D eigenvalue weighted by Crippen LogP contribution is -2.27. The molecule has 1 fully saturated rings. The first-order valence-corrected chi connectivity index (χ1v) is 11.0. The van der Waals surface area contributed by atoms with Gasteiger partial charge in [0.05, 0.1) is 21.2 Å². The second-order valence-corrected chi connectivity index (χ2v) is 8.48. The molecule has 1 aliphatic rings. The maximum absolute atomic E-state index is 6.26. The number of hydrogen-bond donors (Lipinski definition) is 2. The normalized spacial score (nSPS) is 14.4. The maximum atomic E-state index is 6.26. The van der Waals surface area contributed by atoms with E-state index in [1.807, 2.05) is 30.7 Å². The summed E-state index contributed by atoms with van der Waals surface area (Å²) in [6.07, 6.45) is 7.90. The number of piperidine rings is 1.